The van der Waals surface area contributed by atoms with Crippen LogP contribution in [0.4, 0.5) is 4.79 Å². The molecule has 0 aliphatic heterocycles. The first-order valence-electron chi connectivity index (χ1n) is 5.47. The number of ether oxygens (including phenoxy) is 2. The molecule has 8 nitrogen and oxygen atoms in total. The molecule has 0 radical (unpaired) electrons. The first-order chi connectivity index (χ1) is 8.44. The van der Waals surface area contributed by atoms with E-state index in [-0.39, 0.29) is 6.42 Å². The summed E-state index contributed by atoms with van der Waals surface area (Å²) in [5.74, 6) is -1.50. The third-order valence-electron chi connectivity index (χ3n) is 1.84. The number of esters is 1. The largest absolute Gasteiger partial charge is 0.467 e. The molecule has 0 rings (SSSR count). The van der Waals surface area contributed by atoms with Crippen molar-refractivity contribution in [1.29, 1.82) is 0 Å². The summed E-state index contributed by atoms with van der Waals surface area (Å²) in [5, 5.41) is 2.19. The van der Waals surface area contributed by atoms with E-state index in [1.807, 2.05) is 0 Å². The minimum atomic E-state index is -4.23. The van der Waals surface area contributed by atoms with Crippen molar-refractivity contribution >= 4 is 22.2 Å². The van der Waals surface area contributed by atoms with Crippen molar-refractivity contribution in [3.63, 3.8) is 0 Å². The van der Waals surface area contributed by atoms with Crippen LogP contribution < -0.4 is 5.32 Å². The van der Waals surface area contributed by atoms with Gasteiger partial charge in [0.05, 0.1) is 12.9 Å². The van der Waals surface area contributed by atoms with Crippen LogP contribution >= 0.6 is 0 Å². The molecule has 0 saturated carbocycles. The van der Waals surface area contributed by atoms with Crippen LogP contribution in [0.25, 0.3) is 0 Å². The zero-order valence-electron chi connectivity index (χ0n) is 11.3. The lowest BCUT2D eigenvalue weighted by Crippen LogP contribution is -2.44. The lowest BCUT2D eigenvalue weighted by Gasteiger charge is -2.22. The number of carbonyl (C=O) groups is 2. The summed E-state index contributed by atoms with van der Waals surface area (Å²) < 4.78 is 39.2. The van der Waals surface area contributed by atoms with E-state index in [1.165, 1.54) is 0 Å². The van der Waals surface area contributed by atoms with Gasteiger partial charge in [-0.3, -0.25) is 4.55 Å². The minimum absolute atomic E-state index is 0.315. The molecule has 19 heavy (non-hydrogen) atoms. The van der Waals surface area contributed by atoms with Gasteiger partial charge < -0.3 is 14.8 Å². The third kappa shape index (κ3) is 9.25. The second-order valence-electron chi connectivity index (χ2n) is 4.80. The quantitative estimate of drug-likeness (QED) is 0.554. The molecule has 0 heterocycles. The van der Waals surface area contributed by atoms with Crippen molar-refractivity contribution in [1.82, 2.24) is 5.32 Å². The maximum absolute atomic E-state index is 11.5. The van der Waals surface area contributed by atoms with Crippen LogP contribution in [0, 0.1) is 0 Å². The monoisotopic (exact) mass is 297 g/mol. The number of carbonyl (C=O) groups excluding carboxylic acids is 2. The van der Waals surface area contributed by atoms with Gasteiger partial charge in [0.25, 0.3) is 10.1 Å². The molecule has 0 spiro atoms. The Hall–Kier alpha value is -1.35. The molecule has 0 bridgehead atoms. The maximum atomic E-state index is 11.5. The van der Waals surface area contributed by atoms with E-state index >= 15 is 0 Å². The molecule has 1 atom stereocenters. The fourth-order valence-corrected chi connectivity index (χ4v) is 1.64. The van der Waals surface area contributed by atoms with Crippen LogP contribution in [-0.2, 0) is 24.4 Å². The third-order valence-corrected chi connectivity index (χ3v) is 2.59. The van der Waals surface area contributed by atoms with E-state index in [9.17, 15) is 18.0 Å². The van der Waals surface area contributed by atoms with Crippen molar-refractivity contribution in [2.75, 3.05) is 12.9 Å². The van der Waals surface area contributed by atoms with Gasteiger partial charge in [0.15, 0.2) is 0 Å². The van der Waals surface area contributed by atoms with E-state index in [4.69, 9.17) is 9.29 Å². The second-order valence-corrected chi connectivity index (χ2v) is 6.37. The van der Waals surface area contributed by atoms with E-state index in [1.54, 1.807) is 20.8 Å². The summed E-state index contributed by atoms with van der Waals surface area (Å²) in [6.07, 6.45) is -1.19. The Labute approximate surface area is 112 Å². The van der Waals surface area contributed by atoms with Crippen LogP contribution in [0.1, 0.15) is 27.2 Å². The molecule has 0 aliphatic rings. The second kappa shape index (κ2) is 6.71. The molecule has 0 unspecified atom stereocenters. The highest BCUT2D eigenvalue weighted by Gasteiger charge is 2.26. The van der Waals surface area contributed by atoms with Gasteiger partial charge >= 0.3 is 12.1 Å². The lowest BCUT2D eigenvalue weighted by molar-refractivity contribution is -0.143. The Balaban J connectivity index is 4.61. The highest BCUT2D eigenvalue weighted by Crippen LogP contribution is 2.08. The molecule has 0 aliphatic carbocycles. The Morgan fingerprint density at radius 1 is 1.32 bits per heavy atom. The Morgan fingerprint density at radius 3 is 2.21 bits per heavy atom. The summed E-state index contributed by atoms with van der Waals surface area (Å²) in [6, 6.07) is -1.21. The molecule has 0 aromatic carbocycles. The van der Waals surface area contributed by atoms with Crippen molar-refractivity contribution in [2.45, 2.75) is 38.8 Å². The SMILES string of the molecule is COC(=O)[C@@H](CCS(=O)(=O)O)NC(=O)OC(C)(C)C. The van der Waals surface area contributed by atoms with Gasteiger partial charge in [0.2, 0.25) is 0 Å². The number of hydrogen-bond donors (Lipinski definition) is 2. The predicted octanol–water partition coefficient (Wildman–Crippen LogP) is 0.331. The van der Waals surface area contributed by atoms with Crippen LogP contribution in [0.5, 0.6) is 0 Å². The molecule has 0 saturated heterocycles. The van der Waals surface area contributed by atoms with E-state index < -0.39 is 39.6 Å². The van der Waals surface area contributed by atoms with Crippen LogP contribution in [0.3, 0.4) is 0 Å². The summed E-state index contributed by atoms with van der Waals surface area (Å²) >= 11 is 0. The van der Waals surface area contributed by atoms with Crippen LogP contribution in [0.15, 0.2) is 0 Å². The van der Waals surface area contributed by atoms with Gasteiger partial charge in [-0.1, -0.05) is 0 Å². The zero-order valence-corrected chi connectivity index (χ0v) is 12.1. The molecule has 9 heteroatoms. The van der Waals surface area contributed by atoms with Gasteiger partial charge in [-0.15, -0.1) is 0 Å². The van der Waals surface area contributed by atoms with E-state index in [0.29, 0.717) is 0 Å². The fourth-order valence-electron chi connectivity index (χ4n) is 1.11. The number of nitrogens with one attached hydrogen (secondary N) is 1. The van der Waals surface area contributed by atoms with Gasteiger partial charge in [0.1, 0.15) is 11.6 Å². The number of alkyl carbamates (subject to hydrolysis) is 1. The summed E-state index contributed by atoms with van der Waals surface area (Å²) in [4.78, 5) is 22.8. The molecule has 2 N–H and O–H groups in total. The van der Waals surface area contributed by atoms with Gasteiger partial charge in [-0.25, -0.2) is 9.59 Å². The summed E-state index contributed by atoms with van der Waals surface area (Å²) in [5.41, 5.74) is -0.756. The molecule has 0 fully saturated rings. The smallest absolute Gasteiger partial charge is 0.408 e. The number of rotatable bonds is 5. The first kappa shape index (κ1) is 17.6. The highest BCUT2D eigenvalue weighted by atomic mass is 32.2. The minimum Gasteiger partial charge on any atom is -0.467 e. The topological polar surface area (TPSA) is 119 Å². The maximum Gasteiger partial charge on any atom is 0.408 e. The first-order valence-corrected chi connectivity index (χ1v) is 7.08. The molecule has 112 valence electrons. The van der Waals surface area contributed by atoms with Gasteiger partial charge in [-0.05, 0) is 27.2 Å². The lowest BCUT2D eigenvalue weighted by atomic mass is 10.2. The highest BCUT2D eigenvalue weighted by molar-refractivity contribution is 7.85. The molecular formula is C10H19NO7S. The number of methoxy groups -OCH3 is 1. The summed E-state index contributed by atoms with van der Waals surface area (Å²) in [7, 11) is -3.13. The number of amides is 1. The normalized spacial score (nSPS) is 13.5. The molecule has 0 aromatic heterocycles. The van der Waals surface area contributed by atoms with Crippen molar-refractivity contribution in [3.05, 3.63) is 0 Å². The average Bonchev–Trinajstić information content (AvgIpc) is 2.19. The van der Waals surface area contributed by atoms with Crippen molar-refractivity contribution in [3.8, 4) is 0 Å². The van der Waals surface area contributed by atoms with Gasteiger partial charge in [0, 0.05) is 0 Å². The Bertz CT molecular complexity index is 424. The fraction of sp³-hybridized carbons (Fsp3) is 0.800. The molecule has 1 amide bonds. The Kier molecular flexibility index (Phi) is 6.23. The van der Waals surface area contributed by atoms with E-state index in [0.717, 1.165) is 7.11 Å². The summed E-state index contributed by atoms with van der Waals surface area (Å²) in [6.45, 7) is 4.91. The average molecular weight is 297 g/mol. The van der Waals surface area contributed by atoms with Gasteiger partial charge in [-0.2, -0.15) is 8.42 Å². The molecular weight excluding hydrogens is 278 g/mol. The number of hydrogen-bond acceptors (Lipinski definition) is 6. The zero-order chi connectivity index (χ0) is 15.3. The van der Waals surface area contributed by atoms with Crippen molar-refractivity contribution in [2.24, 2.45) is 0 Å². The van der Waals surface area contributed by atoms with Crippen LogP contribution in [-0.4, -0.2) is 49.5 Å². The van der Waals surface area contributed by atoms with Crippen LogP contribution in [0.2, 0.25) is 0 Å². The standard InChI is InChI=1S/C10H19NO7S/c1-10(2,3)18-9(13)11-7(8(12)17-4)5-6-19(14,15)16/h7H,5-6H2,1-4H3,(H,11,13)(H,14,15,16)/t7-/m1/s1. The van der Waals surface area contributed by atoms with Crippen molar-refractivity contribution < 1.29 is 32.0 Å². The Morgan fingerprint density at radius 2 is 1.84 bits per heavy atom. The molecule has 0 aromatic rings. The predicted molar refractivity (Wildman–Crippen MR) is 66.2 cm³/mol. The van der Waals surface area contributed by atoms with E-state index in [2.05, 4.69) is 10.1 Å².